The van der Waals surface area contributed by atoms with Gasteiger partial charge in [0.2, 0.25) is 0 Å². The number of rotatable bonds is 3. The van der Waals surface area contributed by atoms with Crippen LogP contribution in [0.3, 0.4) is 0 Å². The monoisotopic (exact) mass is 358 g/mol. The number of carbonyl (C=O) groups is 1. The van der Waals surface area contributed by atoms with Gasteiger partial charge in [0.25, 0.3) is 5.69 Å². The molecule has 2 aromatic rings. The number of benzene rings is 1. The lowest BCUT2D eigenvalue weighted by molar-refractivity contribution is -0.383. The Kier molecular flexibility index (Phi) is 4.67. The molecule has 8 nitrogen and oxygen atoms in total. The number of nitro groups is 1. The number of fused-ring (bicyclic) bond motifs is 1. The topological polar surface area (TPSA) is 97.6 Å². The second kappa shape index (κ2) is 6.78. The van der Waals surface area contributed by atoms with Crippen molar-refractivity contribution >= 4 is 28.4 Å². The van der Waals surface area contributed by atoms with E-state index in [-0.39, 0.29) is 17.8 Å². The lowest BCUT2D eigenvalue weighted by Crippen LogP contribution is -2.36. The van der Waals surface area contributed by atoms with Crippen LogP contribution in [0.1, 0.15) is 27.2 Å². The number of hydrogen-bond donors (Lipinski definition) is 1. The second-order valence-electron chi connectivity index (χ2n) is 7.35. The Bertz CT molecular complexity index is 847. The molecule has 1 saturated heterocycles. The van der Waals surface area contributed by atoms with Gasteiger partial charge >= 0.3 is 6.09 Å². The van der Waals surface area contributed by atoms with Gasteiger partial charge < -0.3 is 15.0 Å². The fourth-order valence-corrected chi connectivity index (χ4v) is 3.02. The first-order valence-corrected chi connectivity index (χ1v) is 8.51. The van der Waals surface area contributed by atoms with E-state index in [0.717, 1.165) is 12.1 Å². The Labute approximate surface area is 151 Å². The molecule has 3 rings (SSSR count). The molecule has 138 valence electrons. The van der Waals surface area contributed by atoms with Gasteiger partial charge in [-0.1, -0.05) is 0 Å². The molecule has 1 aromatic carbocycles. The van der Waals surface area contributed by atoms with Gasteiger partial charge in [0, 0.05) is 31.4 Å². The lowest BCUT2D eigenvalue weighted by Gasteiger charge is -2.24. The third-order valence-corrected chi connectivity index (χ3v) is 4.14. The van der Waals surface area contributed by atoms with Crippen molar-refractivity contribution in [2.45, 2.75) is 38.8 Å². The Morgan fingerprint density at radius 1 is 1.38 bits per heavy atom. The molecule has 1 aromatic heterocycles. The van der Waals surface area contributed by atoms with Crippen molar-refractivity contribution in [3.05, 3.63) is 40.6 Å². The minimum Gasteiger partial charge on any atom is -0.444 e. The van der Waals surface area contributed by atoms with Gasteiger partial charge in [-0.15, -0.1) is 0 Å². The Morgan fingerprint density at radius 2 is 2.15 bits per heavy atom. The summed E-state index contributed by atoms with van der Waals surface area (Å²) in [5, 5.41) is 15.1. The summed E-state index contributed by atoms with van der Waals surface area (Å²) in [6.45, 7) is 6.63. The zero-order valence-electron chi connectivity index (χ0n) is 15.1. The van der Waals surface area contributed by atoms with Crippen molar-refractivity contribution in [2.24, 2.45) is 0 Å². The van der Waals surface area contributed by atoms with Crippen LogP contribution in [0, 0.1) is 10.1 Å². The molecule has 0 aliphatic carbocycles. The third-order valence-electron chi connectivity index (χ3n) is 4.14. The number of ether oxygens (including phenoxy) is 1. The SMILES string of the molecule is CC(C)(C)OC(=O)N1CCC(Nc2ccc([N+](=O)[O-])c3cccnc23)C1. The summed E-state index contributed by atoms with van der Waals surface area (Å²) in [5.41, 5.74) is 0.779. The van der Waals surface area contributed by atoms with Crippen LogP contribution in [0.15, 0.2) is 30.5 Å². The first-order chi connectivity index (χ1) is 12.2. The predicted molar refractivity (Wildman–Crippen MR) is 98.2 cm³/mol. The van der Waals surface area contributed by atoms with Crippen LogP contribution in [-0.4, -0.2) is 45.6 Å². The van der Waals surface area contributed by atoms with Gasteiger partial charge in [-0.25, -0.2) is 4.79 Å². The van der Waals surface area contributed by atoms with E-state index < -0.39 is 10.5 Å². The van der Waals surface area contributed by atoms with E-state index >= 15 is 0 Å². The minimum absolute atomic E-state index is 0.0282. The van der Waals surface area contributed by atoms with Crippen LogP contribution in [-0.2, 0) is 4.74 Å². The molecule has 0 saturated carbocycles. The van der Waals surface area contributed by atoms with Crippen molar-refractivity contribution in [2.75, 3.05) is 18.4 Å². The fraction of sp³-hybridized carbons (Fsp3) is 0.444. The van der Waals surface area contributed by atoms with Crippen LogP contribution in [0.25, 0.3) is 10.9 Å². The van der Waals surface area contributed by atoms with E-state index in [9.17, 15) is 14.9 Å². The number of pyridine rings is 1. The van der Waals surface area contributed by atoms with Crippen molar-refractivity contribution in [1.82, 2.24) is 9.88 Å². The number of nitrogens with one attached hydrogen (secondary N) is 1. The largest absolute Gasteiger partial charge is 0.444 e. The number of anilines is 1. The number of nitro benzene ring substituents is 1. The number of hydrogen-bond acceptors (Lipinski definition) is 6. The van der Waals surface area contributed by atoms with Gasteiger partial charge in [0.05, 0.1) is 16.0 Å². The van der Waals surface area contributed by atoms with E-state index in [1.807, 2.05) is 20.8 Å². The van der Waals surface area contributed by atoms with Gasteiger partial charge in [-0.05, 0) is 45.4 Å². The number of carbonyl (C=O) groups excluding carboxylic acids is 1. The normalized spacial score (nSPS) is 17.3. The first-order valence-electron chi connectivity index (χ1n) is 8.51. The second-order valence-corrected chi connectivity index (χ2v) is 7.35. The fourth-order valence-electron chi connectivity index (χ4n) is 3.02. The highest BCUT2D eigenvalue weighted by atomic mass is 16.6. The van der Waals surface area contributed by atoms with Crippen molar-refractivity contribution in [1.29, 1.82) is 0 Å². The predicted octanol–water partition coefficient (Wildman–Crippen LogP) is 3.56. The molecule has 0 bridgehead atoms. The average Bonchev–Trinajstić information content (AvgIpc) is 3.02. The van der Waals surface area contributed by atoms with E-state index in [0.29, 0.717) is 24.0 Å². The minimum atomic E-state index is -0.527. The number of non-ortho nitro benzene ring substituents is 1. The Morgan fingerprint density at radius 3 is 2.85 bits per heavy atom. The van der Waals surface area contributed by atoms with Crippen LogP contribution in [0.2, 0.25) is 0 Å². The van der Waals surface area contributed by atoms with Gasteiger partial charge in [0.1, 0.15) is 11.1 Å². The highest BCUT2D eigenvalue weighted by Gasteiger charge is 2.30. The summed E-state index contributed by atoms with van der Waals surface area (Å²) < 4.78 is 5.40. The maximum absolute atomic E-state index is 12.2. The summed E-state index contributed by atoms with van der Waals surface area (Å²) in [7, 11) is 0. The number of nitrogens with zero attached hydrogens (tertiary/aromatic N) is 3. The summed E-state index contributed by atoms with van der Waals surface area (Å²) in [5.74, 6) is 0. The summed E-state index contributed by atoms with van der Waals surface area (Å²) in [4.78, 5) is 28.9. The maximum atomic E-state index is 12.2. The molecule has 0 spiro atoms. The van der Waals surface area contributed by atoms with Gasteiger partial charge in [-0.3, -0.25) is 15.1 Å². The molecule has 1 aliphatic heterocycles. The zero-order valence-corrected chi connectivity index (χ0v) is 15.1. The van der Waals surface area contributed by atoms with Crippen LogP contribution >= 0.6 is 0 Å². The smallest absolute Gasteiger partial charge is 0.410 e. The van der Waals surface area contributed by atoms with Crippen LogP contribution < -0.4 is 5.32 Å². The molecular formula is C18H22N4O4. The zero-order chi connectivity index (χ0) is 18.9. The number of likely N-dealkylation sites (tertiary alicyclic amines) is 1. The molecule has 1 unspecified atom stereocenters. The van der Waals surface area contributed by atoms with Crippen molar-refractivity contribution < 1.29 is 14.5 Å². The molecule has 1 amide bonds. The highest BCUT2D eigenvalue weighted by molar-refractivity contribution is 5.96. The summed E-state index contributed by atoms with van der Waals surface area (Å²) in [6, 6.07) is 6.55. The Hall–Kier alpha value is -2.90. The molecule has 0 radical (unpaired) electrons. The summed E-state index contributed by atoms with van der Waals surface area (Å²) >= 11 is 0. The molecule has 1 fully saturated rings. The van der Waals surface area contributed by atoms with Gasteiger partial charge in [0.15, 0.2) is 0 Å². The standard InChI is InChI=1S/C18H22N4O4/c1-18(2,3)26-17(23)21-10-8-12(11-21)20-14-6-7-15(22(24)25)13-5-4-9-19-16(13)14/h4-7,9,12,20H,8,10-11H2,1-3H3. The molecule has 26 heavy (non-hydrogen) atoms. The van der Waals surface area contributed by atoms with E-state index in [1.54, 1.807) is 29.3 Å². The third kappa shape index (κ3) is 3.84. The van der Waals surface area contributed by atoms with Crippen molar-refractivity contribution in [3.63, 3.8) is 0 Å². The molecule has 1 aliphatic rings. The first kappa shape index (κ1) is 17.9. The highest BCUT2D eigenvalue weighted by Crippen LogP contribution is 2.31. The van der Waals surface area contributed by atoms with E-state index in [1.165, 1.54) is 6.07 Å². The molecule has 1 atom stereocenters. The van der Waals surface area contributed by atoms with Crippen molar-refractivity contribution in [3.8, 4) is 0 Å². The molecule has 8 heteroatoms. The molecule has 1 N–H and O–H groups in total. The maximum Gasteiger partial charge on any atom is 0.410 e. The average molecular weight is 358 g/mol. The van der Waals surface area contributed by atoms with Gasteiger partial charge in [-0.2, -0.15) is 0 Å². The summed E-state index contributed by atoms with van der Waals surface area (Å²) in [6.07, 6.45) is 2.05. The molecular weight excluding hydrogens is 336 g/mol. The quantitative estimate of drug-likeness (QED) is 0.665. The number of amides is 1. The van der Waals surface area contributed by atoms with Crippen LogP contribution in [0.4, 0.5) is 16.2 Å². The van der Waals surface area contributed by atoms with E-state index in [4.69, 9.17) is 4.74 Å². The lowest BCUT2D eigenvalue weighted by atomic mass is 10.1. The molecule has 2 heterocycles. The van der Waals surface area contributed by atoms with Crippen LogP contribution in [0.5, 0.6) is 0 Å². The number of aromatic nitrogens is 1. The Balaban J connectivity index is 1.76. The van der Waals surface area contributed by atoms with E-state index in [2.05, 4.69) is 10.3 Å².